The standard InChI is InChI=1S/C17H26ClNO9/c1-10(20)19(18)13(21)27-11-7-24-16(9-25-14(2,3)28-16)17(23-6,12(11)22-5)15(4)8-26-15/h11-12H,7-9H2,1-6H3/t11-,12-,15?,16+,17+/m1/s1. The molecule has 0 aromatic rings. The fourth-order valence-corrected chi connectivity index (χ4v) is 4.14. The van der Waals surface area contributed by atoms with Crippen LogP contribution in [-0.2, 0) is 38.0 Å². The number of rotatable bonds is 4. The summed E-state index contributed by atoms with van der Waals surface area (Å²) in [5.41, 5.74) is -2.18. The van der Waals surface area contributed by atoms with E-state index in [-0.39, 0.29) is 13.2 Å². The lowest BCUT2D eigenvalue weighted by Gasteiger charge is -2.55. The summed E-state index contributed by atoms with van der Waals surface area (Å²) in [5, 5.41) is 0. The van der Waals surface area contributed by atoms with Gasteiger partial charge in [0.2, 0.25) is 11.7 Å². The van der Waals surface area contributed by atoms with Gasteiger partial charge in [-0.2, -0.15) is 4.42 Å². The molecule has 3 fully saturated rings. The minimum Gasteiger partial charge on any atom is -0.440 e. The summed E-state index contributed by atoms with van der Waals surface area (Å²) in [6.45, 7) is 6.80. The van der Waals surface area contributed by atoms with Gasteiger partial charge in [0.15, 0.2) is 17.5 Å². The molecule has 3 aliphatic rings. The lowest BCUT2D eigenvalue weighted by atomic mass is 9.72. The fourth-order valence-electron chi connectivity index (χ4n) is 4.10. The van der Waals surface area contributed by atoms with Crippen LogP contribution in [0, 0.1) is 0 Å². The van der Waals surface area contributed by atoms with E-state index < -0.39 is 47.0 Å². The first-order valence-corrected chi connectivity index (χ1v) is 9.18. The second-order valence-electron chi connectivity index (χ2n) is 7.69. The number of hydrogen-bond acceptors (Lipinski definition) is 9. The molecule has 11 heteroatoms. The van der Waals surface area contributed by atoms with Crippen LogP contribution in [0.4, 0.5) is 4.79 Å². The third-order valence-electron chi connectivity index (χ3n) is 5.43. The molecular formula is C17H26ClNO9. The van der Waals surface area contributed by atoms with E-state index in [1.54, 1.807) is 13.8 Å². The van der Waals surface area contributed by atoms with Crippen molar-refractivity contribution in [3.8, 4) is 0 Å². The number of epoxide rings is 1. The molecule has 2 amide bonds. The summed E-state index contributed by atoms with van der Waals surface area (Å²) < 4.78 is 41.2. The Balaban J connectivity index is 1.98. The van der Waals surface area contributed by atoms with Gasteiger partial charge in [0.05, 0.1) is 13.2 Å². The van der Waals surface area contributed by atoms with Gasteiger partial charge in [0.25, 0.3) is 0 Å². The maximum Gasteiger partial charge on any atom is 0.432 e. The quantitative estimate of drug-likeness (QED) is 0.487. The molecule has 3 saturated heterocycles. The van der Waals surface area contributed by atoms with Gasteiger partial charge >= 0.3 is 6.09 Å². The Morgan fingerprint density at radius 3 is 2.18 bits per heavy atom. The molecule has 3 heterocycles. The monoisotopic (exact) mass is 423 g/mol. The van der Waals surface area contributed by atoms with Crippen molar-refractivity contribution in [2.45, 2.75) is 62.7 Å². The predicted octanol–water partition coefficient (Wildman–Crippen LogP) is 1.19. The van der Waals surface area contributed by atoms with Gasteiger partial charge in [-0.15, -0.1) is 0 Å². The normalized spacial score (nSPS) is 41.7. The molecule has 10 nitrogen and oxygen atoms in total. The van der Waals surface area contributed by atoms with E-state index >= 15 is 0 Å². The number of halogens is 1. The third-order valence-corrected chi connectivity index (χ3v) is 5.81. The Kier molecular flexibility index (Phi) is 5.46. The number of ether oxygens (including phenoxy) is 7. The molecule has 160 valence electrons. The molecule has 1 spiro atoms. The summed E-state index contributed by atoms with van der Waals surface area (Å²) in [6.07, 6.45) is -2.86. The van der Waals surface area contributed by atoms with Crippen molar-refractivity contribution in [2.24, 2.45) is 0 Å². The first-order chi connectivity index (χ1) is 13.0. The molecular weight excluding hydrogens is 398 g/mol. The number of carbonyl (C=O) groups excluding carboxylic acids is 2. The van der Waals surface area contributed by atoms with Gasteiger partial charge in [0, 0.05) is 32.9 Å². The highest BCUT2D eigenvalue weighted by Crippen LogP contribution is 2.57. The summed E-state index contributed by atoms with van der Waals surface area (Å²) >= 11 is 5.67. The molecule has 0 aliphatic carbocycles. The third kappa shape index (κ3) is 3.11. The van der Waals surface area contributed by atoms with Crippen LogP contribution < -0.4 is 0 Å². The molecule has 0 radical (unpaired) electrons. The Bertz CT molecular complexity index is 655. The van der Waals surface area contributed by atoms with E-state index in [0.29, 0.717) is 11.0 Å². The Hall–Kier alpha value is -1.01. The van der Waals surface area contributed by atoms with Gasteiger partial charge in [-0.25, -0.2) is 4.79 Å². The zero-order chi connectivity index (χ0) is 21.0. The van der Waals surface area contributed by atoms with Crippen molar-refractivity contribution in [1.29, 1.82) is 0 Å². The number of methoxy groups -OCH3 is 2. The van der Waals surface area contributed by atoms with Gasteiger partial charge in [-0.3, -0.25) is 4.79 Å². The SMILES string of the molecule is CO[C@@H]1[C@H](OC(=O)N(Cl)C(C)=O)CO[C@]2(COC(C)(C)O2)[C@@]1(OC)C1(C)CO1. The molecule has 0 N–H and O–H groups in total. The number of hydrogen-bond donors (Lipinski definition) is 0. The van der Waals surface area contributed by atoms with E-state index in [4.69, 9.17) is 44.9 Å². The summed E-state index contributed by atoms with van der Waals surface area (Å²) in [4.78, 5) is 23.6. The van der Waals surface area contributed by atoms with Gasteiger partial charge in [-0.05, 0) is 20.8 Å². The van der Waals surface area contributed by atoms with Crippen molar-refractivity contribution in [1.82, 2.24) is 4.42 Å². The lowest BCUT2D eigenvalue weighted by Crippen LogP contribution is -2.78. The number of amides is 2. The molecule has 3 aliphatic heterocycles. The Morgan fingerprint density at radius 2 is 1.75 bits per heavy atom. The van der Waals surface area contributed by atoms with Crippen molar-refractivity contribution in [2.75, 3.05) is 34.0 Å². The van der Waals surface area contributed by atoms with E-state index in [1.807, 2.05) is 6.92 Å². The van der Waals surface area contributed by atoms with E-state index in [0.717, 1.165) is 6.92 Å². The predicted molar refractivity (Wildman–Crippen MR) is 93.3 cm³/mol. The van der Waals surface area contributed by atoms with Gasteiger partial charge in [0.1, 0.15) is 18.3 Å². The summed E-state index contributed by atoms with van der Waals surface area (Å²) in [5.74, 6) is -2.97. The van der Waals surface area contributed by atoms with E-state index in [2.05, 4.69) is 0 Å². The lowest BCUT2D eigenvalue weighted by molar-refractivity contribution is -0.396. The van der Waals surface area contributed by atoms with Crippen LogP contribution in [0.3, 0.4) is 0 Å². The van der Waals surface area contributed by atoms with E-state index in [1.165, 1.54) is 14.2 Å². The van der Waals surface area contributed by atoms with Crippen LogP contribution >= 0.6 is 11.8 Å². The van der Waals surface area contributed by atoms with Crippen LogP contribution in [0.25, 0.3) is 0 Å². The largest absolute Gasteiger partial charge is 0.440 e. The molecule has 0 bridgehead atoms. The second kappa shape index (κ2) is 7.05. The smallest absolute Gasteiger partial charge is 0.432 e. The van der Waals surface area contributed by atoms with Crippen molar-refractivity contribution in [3.63, 3.8) is 0 Å². The van der Waals surface area contributed by atoms with Gasteiger partial charge in [-0.1, -0.05) is 0 Å². The highest BCUT2D eigenvalue weighted by atomic mass is 35.5. The number of carbonyl (C=O) groups is 2. The van der Waals surface area contributed by atoms with E-state index in [9.17, 15) is 9.59 Å². The van der Waals surface area contributed by atoms with Crippen LogP contribution in [0.5, 0.6) is 0 Å². The van der Waals surface area contributed by atoms with Gasteiger partial charge < -0.3 is 33.2 Å². The average Bonchev–Trinajstić information content (AvgIpc) is 3.30. The molecule has 28 heavy (non-hydrogen) atoms. The summed E-state index contributed by atoms with van der Waals surface area (Å²) in [7, 11) is 2.93. The molecule has 0 aromatic heterocycles. The second-order valence-corrected chi connectivity index (χ2v) is 8.03. The van der Waals surface area contributed by atoms with Crippen LogP contribution in [0.1, 0.15) is 27.7 Å². The highest BCUT2D eigenvalue weighted by Gasteiger charge is 2.79. The minimum atomic E-state index is -1.36. The first-order valence-electron chi connectivity index (χ1n) is 8.84. The summed E-state index contributed by atoms with van der Waals surface area (Å²) in [6, 6.07) is 0. The molecule has 1 unspecified atom stereocenters. The van der Waals surface area contributed by atoms with Crippen LogP contribution in [0.15, 0.2) is 0 Å². The van der Waals surface area contributed by atoms with Crippen molar-refractivity contribution in [3.05, 3.63) is 0 Å². The van der Waals surface area contributed by atoms with Crippen molar-refractivity contribution < 1.29 is 42.7 Å². The molecule has 3 rings (SSSR count). The van der Waals surface area contributed by atoms with Crippen molar-refractivity contribution >= 4 is 23.8 Å². The Morgan fingerprint density at radius 1 is 1.11 bits per heavy atom. The highest BCUT2D eigenvalue weighted by molar-refractivity contribution is 6.28. The molecule has 0 aromatic carbocycles. The minimum absolute atomic E-state index is 0.0579. The Labute approximate surface area is 168 Å². The zero-order valence-electron chi connectivity index (χ0n) is 16.8. The van der Waals surface area contributed by atoms with Crippen LogP contribution in [-0.4, -0.2) is 85.4 Å². The van der Waals surface area contributed by atoms with Crippen LogP contribution in [0.2, 0.25) is 0 Å². The topological polar surface area (TPSA) is 105 Å². The molecule has 5 atom stereocenters. The molecule has 0 saturated carbocycles. The number of nitrogens with zero attached hydrogens (tertiary/aromatic N) is 1. The fraction of sp³-hybridized carbons (Fsp3) is 0.882. The maximum atomic E-state index is 12.2. The number of imide groups is 1. The maximum absolute atomic E-state index is 12.2. The zero-order valence-corrected chi connectivity index (χ0v) is 17.5. The average molecular weight is 424 g/mol. The first kappa shape index (κ1) is 21.7.